The second-order valence-corrected chi connectivity index (χ2v) is 9.88. The fourth-order valence-corrected chi connectivity index (χ4v) is 5.25. The van der Waals surface area contributed by atoms with Crippen molar-refractivity contribution in [3.8, 4) is 5.75 Å². The second-order valence-electron chi connectivity index (χ2n) is 9.88. The summed E-state index contributed by atoms with van der Waals surface area (Å²) in [6.45, 7) is 3.66. The van der Waals surface area contributed by atoms with E-state index in [-0.39, 0.29) is 23.8 Å². The predicted molar refractivity (Wildman–Crippen MR) is 130 cm³/mol. The highest BCUT2D eigenvalue weighted by Gasteiger charge is 2.49. The number of likely N-dealkylation sites (tertiary alicyclic amines) is 1. The van der Waals surface area contributed by atoms with Crippen LogP contribution < -0.4 is 15.4 Å². The van der Waals surface area contributed by atoms with Crippen LogP contribution in [-0.4, -0.2) is 71.3 Å². The average Bonchev–Trinajstić information content (AvgIpc) is 3.25. The van der Waals surface area contributed by atoms with E-state index in [9.17, 15) is 24.0 Å². The van der Waals surface area contributed by atoms with Gasteiger partial charge in [0.1, 0.15) is 24.1 Å². The number of ether oxygens (including phenoxy) is 1. The van der Waals surface area contributed by atoms with Gasteiger partial charge < -0.3 is 30.2 Å². The van der Waals surface area contributed by atoms with Crippen molar-refractivity contribution >= 4 is 30.0 Å². The smallest absolute Gasteiger partial charge is 0.305 e. The molecule has 0 spiro atoms. The van der Waals surface area contributed by atoms with Gasteiger partial charge in [-0.25, -0.2) is 0 Å². The van der Waals surface area contributed by atoms with Gasteiger partial charge >= 0.3 is 5.97 Å². The molecule has 1 saturated carbocycles. The largest absolute Gasteiger partial charge is 0.497 e. The zero-order chi connectivity index (χ0) is 26.4. The number of fused-ring (bicyclic) bond motifs is 1. The van der Waals surface area contributed by atoms with Crippen molar-refractivity contribution in [2.45, 2.75) is 76.5 Å². The number of carbonyl (C=O) groups is 5. The molecule has 1 aliphatic carbocycles. The van der Waals surface area contributed by atoms with E-state index < -0.39 is 42.3 Å². The predicted octanol–water partition coefficient (Wildman–Crippen LogP) is 1.77. The molecule has 196 valence electrons. The van der Waals surface area contributed by atoms with E-state index in [1.54, 1.807) is 29.2 Å². The number of nitrogens with zero attached hydrogens (tertiary/aromatic N) is 1. The number of amides is 3. The summed E-state index contributed by atoms with van der Waals surface area (Å²) in [6, 6.07) is 3.53. The average molecular weight is 502 g/mol. The third kappa shape index (κ3) is 6.22. The molecular formula is C26H35N3O7. The Balaban J connectivity index is 1.83. The Morgan fingerprint density at radius 2 is 1.78 bits per heavy atom. The van der Waals surface area contributed by atoms with E-state index in [1.807, 2.05) is 13.8 Å². The van der Waals surface area contributed by atoms with Crippen LogP contribution in [0.5, 0.6) is 5.75 Å². The van der Waals surface area contributed by atoms with Crippen LogP contribution in [0.25, 0.3) is 0 Å². The van der Waals surface area contributed by atoms with E-state index in [2.05, 4.69) is 10.6 Å². The molecule has 1 aromatic carbocycles. The molecule has 1 aromatic rings. The molecule has 2 aliphatic rings. The molecule has 5 unspecified atom stereocenters. The Hall–Kier alpha value is -3.43. The van der Waals surface area contributed by atoms with Gasteiger partial charge in [-0.1, -0.05) is 26.7 Å². The lowest BCUT2D eigenvalue weighted by Gasteiger charge is -2.37. The first-order chi connectivity index (χ1) is 17.2. The van der Waals surface area contributed by atoms with Gasteiger partial charge in [0.2, 0.25) is 11.8 Å². The van der Waals surface area contributed by atoms with Crippen LogP contribution >= 0.6 is 0 Å². The van der Waals surface area contributed by atoms with Crippen LogP contribution in [-0.2, 0) is 19.2 Å². The number of carbonyl (C=O) groups excluding carboxylic acids is 4. The molecule has 0 aromatic heterocycles. The lowest BCUT2D eigenvalue weighted by molar-refractivity contribution is -0.144. The van der Waals surface area contributed by atoms with Gasteiger partial charge in [0.15, 0.2) is 0 Å². The molecule has 1 aliphatic heterocycles. The van der Waals surface area contributed by atoms with Crippen LogP contribution in [0.15, 0.2) is 24.3 Å². The van der Waals surface area contributed by atoms with Crippen molar-refractivity contribution in [1.29, 1.82) is 0 Å². The molecule has 1 saturated heterocycles. The first kappa shape index (κ1) is 27.2. The maximum absolute atomic E-state index is 13.9. The number of aldehydes is 1. The monoisotopic (exact) mass is 501 g/mol. The number of hydrogen-bond acceptors (Lipinski definition) is 6. The van der Waals surface area contributed by atoms with Gasteiger partial charge in [-0.15, -0.1) is 0 Å². The summed E-state index contributed by atoms with van der Waals surface area (Å²) >= 11 is 0. The summed E-state index contributed by atoms with van der Waals surface area (Å²) in [5, 5.41) is 14.4. The summed E-state index contributed by atoms with van der Waals surface area (Å²) in [4.78, 5) is 64.0. The van der Waals surface area contributed by atoms with Gasteiger partial charge in [-0.3, -0.25) is 19.2 Å². The maximum atomic E-state index is 13.9. The van der Waals surface area contributed by atoms with E-state index in [0.717, 1.165) is 25.7 Å². The van der Waals surface area contributed by atoms with E-state index in [0.29, 0.717) is 24.0 Å². The maximum Gasteiger partial charge on any atom is 0.305 e. The molecular weight excluding hydrogens is 466 g/mol. The normalized spacial score (nSPS) is 22.8. The highest BCUT2D eigenvalue weighted by molar-refractivity contribution is 5.99. The first-order valence-corrected chi connectivity index (χ1v) is 12.4. The molecule has 2 fully saturated rings. The highest BCUT2D eigenvalue weighted by Crippen LogP contribution is 2.40. The van der Waals surface area contributed by atoms with Crippen molar-refractivity contribution in [2.75, 3.05) is 7.11 Å². The minimum Gasteiger partial charge on any atom is -0.497 e. The topological polar surface area (TPSA) is 142 Å². The number of methoxy groups -OCH3 is 1. The molecule has 3 rings (SSSR count). The Morgan fingerprint density at radius 3 is 2.36 bits per heavy atom. The van der Waals surface area contributed by atoms with Gasteiger partial charge in [0.05, 0.1) is 19.6 Å². The molecule has 0 radical (unpaired) electrons. The zero-order valence-corrected chi connectivity index (χ0v) is 20.9. The standard InChI is InChI=1S/C26H35N3O7/c1-15(2)23(28-24(33)16-8-10-19(36-3)11-9-16)26(35)29-20-7-5-4-6-17(20)12-21(29)25(34)27-18(14-30)13-22(31)32/h8-11,14-15,17-18,20-21,23H,4-7,12-13H2,1-3H3,(H,27,34)(H,28,33)(H,31,32). The molecule has 0 bridgehead atoms. The number of hydrogen-bond donors (Lipinski definition) is 3. The SMILES string of the molecule is COc1ccc(C(=O)NC(C(=O)N2C(C(=O)NC(C=O)CC(=O)O)CC3CCCCC32)C(C)C)cc1. The summed E-state index contributed by atoms with van der Waals surface area (Å²) in [7, 11) is 1.53. The fraction of sp³-hybridized carbons (Fsp3) is 0.577. The van der Waals surface area contributed by atoms with Crippen molar-refractivity contribution in [3.63, 3.8) is 0 Å². The number of carboxylic acids is 1. The Kier molecular flexibility index (Phi) is 9.06. The molecule has 5 atom stereocenters. The van der Waals surface area contributed by atoms with Gasteiger partial charge in [0, 0.05) is 11.6 Å². The number of carboxylic acid groups (broad SMARTS) is 1. The van der Waals surface area contributed by atoms with Crippen molar-refractivity contribution in [3.05, 3.63) is 29.8 Å². The third-order valence-electron chi connectivity index (χ3n) is 7.10. The number of aliphatic carboxylic acids is 1. The minimum atomic E-state index is -1.21. The summed E-state index contributed by atoms with van der Waals surface area (Å²) < 4.78 is 5.13. The Morgan fingerprint density at radius 1 is 1.11 bits per heavy atom. The lowest BCUT2D eigenvalue weighted by atomic mass is 9.84. The molecule has 36 heavy (non-hydrogen) atoms. The third-order valence-corrected chi connectivity index (χ3v) is 7.10. The fourth-order valence-electron chi connectivity index (χ4n) is 5.25. The summed E-state index contributed by atoms with van der Waals surface area (Å²) in [5.41, 5.74) is 0.378. The molecule has 3 N–H and O–H groups in total. The number of rotatable bonds is 10. The molecule has 3 amide bonds. The lowest BCUT2D eigenvalue weighted by Crippen LogP contribution is -2.58. The zero-order valence-electron chi connectivity index (χ0n) is 20.9. The van der Waals surface area contributed by atoms with Gasteiger partial charge in [-0.05, 0) is 55.4 Å². The number of benzene rings is 1. The first-order valence-electron chi connectivity index (χ1n) is 12.4. The number of nitrogens with one attached hydrogen (secondary N) is 2. The van der Waals surface area contributed by atoms with Crippen LogP contribution in [0.4, 0.5) is 0 Å². The quantitative estimate of drug-likeness (QED) is 0.415. The van der Waals surface area contributed by atoms with Crippen molar-refractivity contribution < 1.29 is 33.8 Å². The van der Waals surface area contributed by atoms with Crippen LogP contribution in [0.1, 0.15) is 62.7 Å². The second kappa shape index (κ2) is 12.0. The van der Waals surface area contributed by atoms with Crippen molar-refractivity contribution in [1.82, 2.24) is 15.5 Å². The van der Waals surface area contributed by atoms with Crippen molar-refractivity contribution in [2.24, 2.45) is 11.8 Å². The summed E-state index contributed by atoms with van der Waals surface area (Å²) in [6.07, 6.45) is 3.88. The molecule has 10 heteroatoms. The molecule has 10 nitrogen and oxygen atoms in total. The van der Waals surface area contributed by atoms with Crippen LogP contribution in [0.2, 0.25) is 0 Å². The van der Waals surface area contributed by atoms with Crippen LogP contribution in [0, 0.1) is 11.8 Å². The minimum absolute atomic E-state index is 0.137. The van der Waals surface area contributed by atoms with Gasteiger partial charge in [0.25, 0.3) is 5.91 Å². The van der Waals surface area contributed by atoms with Gasteiger partial charge in [-0.2, -0.15) is 0 Å². The summed E-state index contributed by atoms with van der Waals surface area (Å²) in [5.74, 6) is -2.01. The Labute approximate surface area is 210 Å². The molecule has 1 heterocycles. The van der Waals surface area contributed by atoms with E-state index in [1.165, 1.54) is 7.11 Å². The Bertz CT molecular complexity index is 978. The van der Waals surface area contributed by atoms with E-state index >= 15 is 0 Å². The highest BCUT2D eigenvalue weighted by atomic mass is 16.5. The van der Waals surface area contributed by atoms with Crippen LogP contribution in [0.3, 0.4) is 0 Å². The van der Waals surface area contributed by atoms with E-state index in [4.69, 9.17) is 9.84 Å².